The van der Waals surface area contributed by atoms with E-state index in [0.717, 1.165) is 25.8 Å². The number of hydrogen-bond acceptors (Lipinski definition) is 16. The van der Waals surface area contributed by atoms with Gasteiger partial charge in [-0.2, -0.15) is 0 Å². The van der Waals surface area contributed by atoms with Gasteiger partial charge >= 0.3 is 30.0 Å². The maximum absolute atomic E-state index is 15.8. The van der Waals surface area contributed by atoms with Crippen molar-refractivity contribution in [3.63, 3.8) is 0 Å². The highest BCUT2D eigenvalue weighted by Crippen LogP contribution is 2.67. The van der Waals surface area contributed by atoms with Crippen molar-refractivity contribution in [3.8, 4) is 0 Å². The van der Waals surface area contributed by atoms with Crippen LogP contribution in [-0.4, -0.2) is 119 Å². The van der Waals surface area contributed by atoms with Crippen LogP contribution in [0.5, 0.6) is 0 Å². The number of benzene rings is 1. The summed E-state index contributed by atoms with van der Waals surface area (Å²) >= 11 is 0. The number of carbonyl (C=O) groups excluding carboxylic acids is 7. The molecule has 1 spiro atoms. The molecule has 6 rings (SSSR count). The molecule has 1 aromatic rings. The average Bonchev–Trinajstić information content (AvgIpc) is 3.59. The molecule has 12 atom stereocenters. The van der Waals surface area contributed by atoms with Gasteiger partial charge in [0.15, 0.2) is 41.9 Å². The predicted molar refractivity (Wildman–Crippen MR) is 224 cm³/mol. The van der Waals surface area contributed by atoms with E-state index in [1.54, 1.807) is 52.8 Å². The fourth-order valence-corrected chi connectivity index (χ4v) is 10.6. The van der Waals surface area contributed by atoms with Gasteiger partial charge in [-0.25, -0.2) is 19.2 Å². The Morgan fingerprint density at radius 2 is 1.69 bits per heavy atom. The molecule has 17 nitrogen and oxygen atoms in total. The molecule has 0 radical (unpaired) electrons. The minimum absolute atomic E-state index is 0.0296. The van der Waals surface area contributed by atoms with Gasteiger partial charge in [-0.15, -0.1) is 0 Å². The van der Waals surface area contributed by atoms with Gasteiger partial charge in [0.05, 0.1) is 35.6 Å². The van der Waals surface area contributed by atoms with Crippen LogP contribution >= 0.6 is 0 Å². The number of esters is 4. The average molecular weight is 894 g/mol. The highest BCUT2D eigenvalue weighted by Gasteiger charge is 2.83. The van der Waals surface area contributed by atoms with Crippen molar-refractivity contribution in [2.45, 2.75) is 154 Å². The Balaban J connectivity index is 1.62. The Hall–Kier alpha value is -5.39. The van der Waals surface area contributed by atoms with Crippen LogP contribution < -0.4 is 5.32 Å². The Bertz CT molecular complexity index is 2140. The zero-order valence-electron chi connectivity index (χ0n) is 37.7. The zero-order valence-corrected chi connectivity index (χ0v) is 37.7. The number of allylic oxidation sites excluding steroid dienone is 2. The number of fused-ring (bicyclic) bond motifs is 4. The lowest BCUT2D eigenvalue weighted by atomic mass is 9.44. The molecule has 2 heterocycles. The van der Waals surface area contributed by atoms with Crippen molar-refractivity contribution in [3.05, 3.63) is 70.8 Å². The van der Waals surface area contributed by atoms with Gasteiger partial charge in [0.25, 0.3) is 0 Å². The highest BCUT2D eigenvalue weighted by atomic mass is 16.8. The molecule has 2 saturated carbocycles. The number of aliphatic hydroxyl groups excluding tert-OH is 2. The van der Waals surface area contributed by atoms with Crippen molar-refractivity contribution >= 4 is 41.7 Å². The summed E-state index contributed by atoms with van der Waals surface area (Å²) in [5.74, 6) is -7.03. The van der Waals surface area contributed by atoms with E-state index in [2.05, 4.69) is 5.32 Å². The monoisotopic (exact) mass is 893 g/mol. The smallest absolute Gasteiger partial charge is 0.454 e. The van der Waals surface area contributed by atoms with Crippen LogP contribution in [-0.2, 0) is 57.1 Å². The lowest BCUT2D eigenvalue weighted by molar-refractivity contribution is -0.345. The molecule has 17 heteroatoms. The third-order valence-corrected chi connectivity index (χ3v) is 13.6. The van der Waals surface area contributed by atoms with Crippen LogP contribution in [0.3, 0.4) is 0 Å². The summed E-state index contributed by atoms with van der Waals surface area (Å²) in [6.07, 6.45) is -7.37. The number of ketones is 1. The molecule has 5 aliphatic rings. The molecule has 2 unspecified atom stereocenters. The number of nitrogens with one attached hydrogen (secondary N) is 1. The molecule has 64 heavy (non-hydrogen) atoms. The van der Waals surface area contributed by atoms with Gasteiger partial charge in [0.1, 0.15) is 6.10 Å². The van der Waals surface area contributed by atoms with Crippen LogP contribution in [0.1, 0.15) is 105 Å². The van der Waals surface area contributed by atoms with Gasteiger partial charge < -0.3 is 48.7 Å². The van der Waals surface area contributed by atoms with E-state index < -0.39 is 118 Å². The van der Waals surface area contributed by atoms with Crippen LogP contribution in [0.4, 0.5) is 4.79 Å². The normalized spacial score (nSPS) is 33.2. The summed E-state index contributed by atoms with van der Waals surface area (Å²) < 4.78 is 43.1. The SMILES string of the molecule is C/C=C/C(=O)O[C@H]1C(=O)[C@@]2(C)C(C(OC(=O)c3ccccc3)[C@]34OC(=O)O[C@H]3[C@H](OC(=O)[C@H](O)[C@H](C=C(C)C)NC(=O)CCCCC)C(C)=C1C4(C)C)[C@]1(OC(C)=O)CO[C@@H]1C[C@@H]2O. The summed E-state index contributed by atoms with van der Waals surface area (Å²) in [5.41, 5.74) is -7.46. The molecule has 3 N–H and O–H groups in total. The van der Waals surface area contributed by atoms with Crippen LogP contribution in [0.2, 0.25) is 0 Å². The van der Waals surface area contributed by atoms with Crippen LogP contribution in [0.15, 0.2) is 65.3 Å². The second-order valence-electron chi connectivity index (χ2n) is 18.2. The maximum atomic E-state index is 15.8. The summed E-state index contributed by atoms with van der Waals surface area (Å²) in [6.45, 7) is 13.7. The van der Waals surface area contributed by atoms with E-state index in [1.165, 1.54) is 38.1 Å². The molecule has 1 amide bonds. The quantitative estimate of drug-likeness (QED) is 0.0776. The van der Waals surface area contributed by atoms with Crippen molar-refractivity contribution in [1.29, 1.82) is 0 Å². The summed E-state index contributed by atoms with van der Waals surface area (Å²) in [6, 6.07) is 6.48. The van der Waals surface area contributed by atoms with Crippen LogP contribution in [0, 0.1) is 16.7 Å². The largest absolute Gasteiger partial charge is 0.509 e. The number of carbonyl (C=O) groups is 7. The first-order valence-electron chi connectivity index (χ1n) is 21.7. The number of ether oxygens (including phenoxy) is 7. The number of hydrogen-bond donors (Lipinski definition) is 3. The number of aliphatic hydroxyl groups is 2. The number of unbranched alkanes of at least 4 members (excludes halogenated alkanes) is 2. The minimum Gasteiger partial charge on any atom is -0.454 e. The van der Waals surface area contributed by atoms with Crippen molar-refractivity contribution in [1.82, 2.24) is 5.32 Å². The minimum atomic E-state index is -2.37. The number of Topliss-reactive ketones (excluding diaryl/α,β-unsaturated/α-hetero) is 1. The zero-order chi connectivity index (χ0) is 47.1. The molecular weight excluding hydrogens is 835 g/mol. The van der Waals surface area contributed by atoms with Gasteiger partial charge in [0.2, 0.25) is 11.5 Å². The third-order valence-electron chi connectivity index (χ3n) is 13.6. The first-order valence-corrected chi connectivity index (χ1v) is 21.7. The summed E-state index contributed by atoms with van der Waals surface area (Å²) in [7, 11) is 0. The number of amides is 1. The first kappa shape index (κ1) is 48.1. The third kappa shape index (κ3) is 8.03. The second kappa shape index (κ2) is 18.2. The lowest BCUT2D eigenvalue weighted by Gasteiger charge is -2.67. The second-order valence-corrected chi connectivity index (χ2v) is 18.2. The molecule has 4 fully saturated rings. The molecule has 0 aromatic heterocycles. The van der Waals surface area contributed by atoms with Crippen molar-refractivity contribution in [2.24, 2.45) is 16.7 Å². The van der Waals surface area contributed by atoms with Crippen LogP contribution in [0.25, 0.3) is 0 Å². The van der Waals surface area contributed by atoms with E-state index >= 15 is 4.79 Å². The Kier molecular flexibility index (Phi) is 13.7. The van der Waals surface area contributed by atoms with E-state index in [1.807, 2.05) is 6.92 Å². The molecule has 1 aromatic carbocycles. The first-order chi connectivity index (χ1) is 30.1. The van der Waals surface area contributed by atoms with E-state index in [4.69, 9.17) is 33.2 Å². The molecule has 2 aliphatic heterocycles. The van der Waals surface area contributed by atoms with E-state index in [9.17, 15) is 39.0 Å². The maximum Gasteiger partial charge on any atom is 0.509 e. The lowest BCUT2D eigenvalue weighted by Crippen LogP contribution is -2.83. The van der Waals surface area contributed by atoms with Crippen molar-refractivity contribution < 1.29 is 76.9 Å². The van der Waals surface area contributed by atoms with Gasteiger partial charge in [-0.05, 0) is 64.3 Å². The molecule has 3 aliphatic carbocycles. The Labute approximate surface area is 371 Å². The van der Waals surface area contributed by atoms with E-state index in [0.29, 0.717) is 12.0 Å². The van der Waals surface area contributed by atoms with Gasteiger partial charge in [0, 0.05) is 31.3 Å². The summed E-state index contributed by atoms with van der Waals surface area (Å²) in [4.78, 5) is 98.4. The predicted octanol–water partition coefficient (Wildman–Crippen LogP) is 4.30. The van der Waals surface area contributed by atoms with Gasteiger partial charge in [-0.3, -0.25) is 14.4 Å². The molecule has 348 valence electrons. The molecular formula is C47H59NO16. The molecule has 2 saturated heterocycles. The topological polar surface area (TPSA) is 237 Å². The number of rotatable bonds is 14. The molecule has 2 bridgehead atoms. The Morgan fingerprint density at radius 3 is 2.28 bits per heavy atom. The highest BCUT2D eigenvalue weighted by molar-refractivity contribution is 5.97. The Morgan fingerprint density at radius 1 is 1.00 bits per heavy atom. The fraction of sp³-hybridized carbons (Fsp3) is 0.596. The summed E-state index contributed by atoms with van der Waals surface area (Å²) in [5, 5.41) is 26.6. The van der Waals surface area contributed by atoms with E-state index in [-0.39, 0.29) is 36.2 Å². The van der Waals surface area contributed by atoms with Crippen molar-refractivity contribution in [2.75, 3.05) is 6.61 Å². The standard InChI is InChI=1S/C47H59NO16/c1-10-12-14-20-31(51)48-28(21-24(3)4)34(53)42(56)60-35-25(5)33-36(59-32(52)17-11-2)38(54)45(9)29(50)22-30-46(23-58-30,63-26(6)49)37(45)40(61-41(55)27-18-15-13-16-19-27)47(44(33,7)8)39(35)62-43(57)64-47/h11,13,15-19,21,28-30,34-37,39-40,50,53H,10,12,14,20,22-23H2,1-9H3,(H,48,51)/b17-11+/t28-,29-,30+,34+,35+,36+,37?,39-,40?,45+,46-,47+/m0/s1. The van der Waals surface area contributed by atoms with Gasteiger partial charge in [-0.1, -0.05) is 69.5 Å². The fourth-order valence-electron chi connectivity index (χ4n) is 10.6.